The van der Waals surface area contributed by atoms with Crippen LogP contribution in [-0.4, -0.2) is 55.7 Å². The smallest absolute Gasteiger partial charge is 0.220 e. The Morgan fingerprint density at radius 1 is 1.30 bits per heavy atom. The van der Waals surface area contributed by atoms with Gasteiger partial charge in [0, 0.05) is 26.1 Å². The van der Waals surface area contributed by atoms with Crippen molar-refractivity contribution >= 4 is 30.7 Å². The number of rotatable bonds is 8. The number of carbonyl (C=O) groups is 1. The van der Waals surface area contributed by atoms with Crippen molar-refractivity contribution in [3.8, 4) is 0 Å². The summed E-state index contributed by atoms with van der Waals surface area (Å²) in [4.78, 5) is 15.1. The average molecular weight is 460 g/mol. The zero-order valence-corrected chi connectivity index (χ0v) is 20.0. The van der Waals surface area contributed by atoms with Crippen molar-refractivity contribution in [1.29, 1.82) is 0 Å². The fourth-order valence-corrected chi connectivity index (χ4v) is 4.51. The van der Waals surface area contributed by atoms with Crippen LogP contribution in [0.3, 0.4) is 0 Å². The third-order valence-electron chi connectivity index (χ3n) is 6.31. The maximum atomic E-state index is 12.7. The Kier molecular flexibility index (Phi) is 12.9. The highest BCUT2D eigenvalue weighted by Gasteiger charge is 2.29. The molecular formula is C23H39Cl2N3O2. The average Bonchev–Trinajstić information content (AvgIpc) is 2.73. The molecule has 5 nitrogen and oxygen atoms in total. The van der Waals surface area contributed by atoms with Crippen LogP contribution >= 0.6 is 24.8 Å². The molecule has 1 amide bonds. The number of piperidine rings is 1. The van der Waals surface area contributed by atoms with E-state index in [1.165, 1.54) is 18.4 Å². The Hall–Kier alpha value is -0.850. The van der Waals surface area contributed by atoms with E-state index in [-0.39, 0.29) is 42.9 Å². The van der Waals surface area contributed by atoms with Gasteiger partial charge in [-0.25, -0.2) is 0 Å². The number of morpholine rings is 1. The molecule has 0 radical (unpaired) electrons. The van der Waals surface area contributed by atoms with Gasteiger partial charge in [0.2, 0.25) is 5.91 Å². The molecule has 0 saturated carbocycles. The quantitative estimate of drug-likeness (QED) is 0.622. The zero-order valence-electron chi connectivity index (χ0n) is 18.3. The van der Waals surface area contributed by atoms with Gasteiger partial charge in [0.05, 0.1) is 18.8 Å². The van der Waals surface area contributed by atoms with E-state index < -0.39 is 0 Å². The number of carbonyl (C=O) groups excluding carboxylic acids is 1. The molecule has 0 spiro atoms. The molecule has 0 aliphatic carbocycles. The molecular weight excluding hydrogens is 421 g/mol. The van der Waals surface area contributed by atoms with Crippen molar-refractivity contribution in [1.82, 2.24) is 15.5 Å². The van der Waals surface area contributed by atoms with Gasteiger partial charge in [-0.2, -0.15) is 0 Å². The van der Waals surface area contributed by atoms with E-state index in [2.05, 4.69) is 59.7 Å². The van der Waals surface area contributed by atoms with Gasteiger partial charge >= 0.3 is 0 Å². The molecule has 2 saturated heterocycles. The normalized spacial score (nSPS) is 24.1. The summed E-state index contributed by atoms with van der Waals surface area (Å²) in [7, 11) is 0. The van der Waals surface area contributed by atoms with Crippen LogP contribution in [-0.2, 0) is 16.1 Å². The third kappa shape index (κ3) is 8.35. The maximum absolute atomic E-state index is 12.7. The topological polar surface area (TPSA) is 53.6 Å². The Labute approximate surface area is 194 Å². The molecule has 4 unspecified atom stereocenters. The van der Waals surface area contributed by atoms with Gasteiger partial charge in [0.25, 0.3) is 0 Å². The van der Waals surface area contributed by atoms with E-state index in [0.29, 0.717) is 18.3 Å². The molecule has 2 aliphatic rings. The number of nitrogens with zero attached hydrogens (tertiary/aromatic N) is 1. The zero-order chi connectivity index (χ0) is 19.8. The molecule has 1 aromatic carbocycles. The fraction of sp³-hybridized carbons (Fsp3) is 0.696. The highest BCUT2D eigenvalue weighted by molar-refractivity contribution is 5.85. The lowest BCUT2D eigenvalue weighted by molar-refractivity contribution is -0.125. The van der Waals surface area contributed by atoms with Crippen LogP contribution < -0.4 is 10.6 Å². The Bertz CT molecular complexity index is 599. The Balaban J connectivity index is 0.00000225. The molecule has 2 heterocycles. The van der Waals surface area contributed by atoms with Crippen LogP contribution in [0.15, 0.2) is 30.3 Å². The molecule has 0 aromatic heterocycles. The van der Waals surface area contributed by atoms with Gasteiger partial charge < -0.3 is 15.4 Å². The first kappa shape index (κ1) is 27.2. The van der Waals surface area contributed by atoms with Crippen molar-refractivity contribution in [2.45, 2.75) is 58.2 Å². The van der Waals surface area contributed by atoms with Crippen molar-refractivity contribution in [2.24, 2.45) is 11.8 Å². The summed E-state index contributed by atoms with van der Waals surface area (Å²) in [5.74, 6) is 1.22. The summed E-state index contributed by atoms with van der Waals surface area (Å²) in [5, 5.41) is 6.74. The molecule has 2 fully saturated rings. The van der Waals surface area contributed by atoms with Gasteiger partial charge in [-0.3, -0.25) is 9.69 Å². The summed E-state index contributed by atoms with van der Waals surface area (Å²) in [6.07, 6.45) is 4.04. The van der Waals surface area contributed by atoms with Crippen LogP contribution in [0.1, 0.15) is 45.1 Å². The second-order valence-corrected chi connectivity index (χ2v) is 8.50. The van der Waals surface area contributed by atoms with Gasteiger partial charge in [0.15, 0.2) is 0 Å². The number of nitrogens with one attached hydrogen (secondary N) is 2. The van der Waals surface area contributed by atoms with Gasteiger partial charge in [-0.15, -0.1) is 24.8 Å². The van der Waals surface area contributed by atoms with E-state index in [1.54, 1.807) is 0 Å². The van der Waals surface area contributed by atoms with E-state index in [4.69, 9.17) is 4.74 Å². The highest BCUT2D eigenvalue weighted by atomic mass is 35.5. The number of benzene rings is 1. The third-order valence-corrected chi connectivity index (χ3v) is 6.31. The number of hydrogen-bond donors (Lipinski definition) is 2. The lowest BCUT2D eigenvalue weighted by atomic mass is 9.85. The molecule has 1 aromatic rings. The van der Waals surface area contributed by atoms with E-state index in [0.717, 1.165) is 45.8 Å². The number of halogens is 2. The predicted molar refractivity (Wildman–Crippen MR) is 128 cm³/mol. The first-order valence-electron chi connectivity index (χ1n) is 11.0. The Morgan fingerprint density at radius 2 is 2.07 bits per heavy atom. The molecule has 4 atom stereocenters. The minimum Gasteiger partial charge on any atom is -0.373 e. The number of hydrogen-bond acceptors (Lipinski definition) is 4. The largest absolute Gasteiger partial charge is 0.373 e. The lowest BCUT2D eigenvalue weighted by Crippen LogP contribution is -2.53. The van der Waals surface area contributed by atoms with Crippen LogP contribution in [0.5, 0.6) is 0 Å². The van der Waals surface area contributed by atoms with Crippen molar-refractivity contribution < 1.29 is 9.53 Å². The van der Waals surface area contributed by atoms with Crippen LogP contribution in [0.25, 0.3) is 0 Å². The lowest BCUT2D eigenvalue weighted by Gasteiger charge is -2.37. The van der Waals surface area contributed by atoms with E-state index in [1.807, 2.05) is 0 Å². The van der Waals surface area contributed by atoms with E-state index >= 15 is 0 Å². The molecule has 3 rings (SSSR count). The predicted octanol–water partition coefficient (Wildman–Crippen LogP) is 3.65. The van der Waals surface area contributed by atoms with Gasteiger partial charge in [-0.1, -0.05) is 44.2 Å². The Morgan fingerprint density at radius 3 is 2.73 bits per heavy atom. The molecule has 2 N–H and O–H groups in total. The second kappa shape index (κ2) is 14.3. The molecule has 2 aliphatic heterocycles. The summed E-state index contributed by atoms with van der Waals surface area (Å²) < 4.78 is 6.05. The maximum Gasteiger partial charge on any atom is 0.220 e. The monoisotopic (exact) mass is 459 g/mol. The van der Waals surface area contributed by atoms with Crippen LogP contribution in [0, 0.1) is 11.8 Å². The molecule has 30 heavy (non-hydrogen) atoms. The van der Waals surface area contributed by atoms with E-state index in [9.17, 15) is 4.79 Å². The van der Waals surface area contributed by atoms with Crippen molar-refractivity contribution in [3.63, 3.8) is 0 Å². The minimum absolute atomic E-state index is 0. The van der Waals surface area contributed by atoms with Gasteiger partial charge in [0.1, 0.15) is 0 Å². The molecule has 0 bridgehead atoms. The SMILES string of the molecule is CCC(NC(=O)CC(C)C1CCCNC1)C1CN(Cc2ccccc2)CCO1.Cl.Cl. The standard InChI is InChI=1S/C23H37N3O2.2ClH/c1-3-21(25-23(27)14-18(2)20-10-7-11-24-15-20)22-17-26(12-13-28-22)16-19-8-5-4-6-9-19;;/h4-6,8-9,18,20-22,24H,3,7,10-17H2,1-2H3,(H,25,27);2*1H. The number of ether oxygens (including phenoxy) is 1. The van der Waals surface area contributed by atoms with Crippen LogP contribution in [0.2, 0.25) is 0 Å². The van der Waals surface area contributed by atoms with Crippen LogP contribution in [0.4, 0.5) is 0 Å². The summed E-state index contributed by atoms with van der Waals surface area (Å²) in [6, 6.07) is 10.7. The van der Waals surface area contributed by atoms with Crippen molar-refractivity contribution in [2.75, 3.05) is 32.8 Å². The molecule has 7 heteroatoms. The minimum atomic E-state index is 0. The molecule has 172 valence electrons. The summed E-state index contributed by atoms with van der Waals surface area (Å²) in [6.45, 7) is 10.0. The summed E-state index contributed by atoms with van der Waals surface area (Å²) in [5.41, 5.74) is 1.33. The fourth-order valence-electron chi connectivity index (χ4n) is 4.51. The van der Waals surface area contributed by atoms with Crippen molar-refractivity contribution in [3.05, 3.63) is 35.9 Å². The second-order valence-electron chi connectivity index (χ2n) is 8.50. The summed E-state index contributed by atoms with van der Waals surface area (Å²) >= 11 is 0. The first-order chi connectivity index (χ1) is 13.7. The van der Waals surface area contributed by atoms with Gasteiger partial charge in [-0.05, 0) is 49.8 Å². The number of amides is 1. The highest BCUT2D eigenvalue weighted by Crippen LogP contribution is 2.23. The first-order valence-corrected chi connectivity index (χ1v) is 11.0.